The molecular weight excluding hydrogens is 318 g/mol. The molecule has 0 atom stereocenters. The van der Waals surface area contributed by atoms with E-state index >= 15 is 0 Å². The van der Waals surface area contributed by atoms with Gasteiger partial charge in [0.05, 0.1) is 6.10 Å². The van der Waals surface area contributed by atoms with Gasteiger partial charge in [0.25, 0.3) is 5.91 Å². The fourth-order valence-corrected chi connectivity index (χ4v) is 2.87. The zero-order chi connectivity index (χ0) is 13.1. The molecule has 3 nitrogen and oxygen atoms in total. The van der Waals surface area contributed by atoms with Gasteiger partial charge < -0.3 is 10.1 Å². The molecule has 2 rings (SSSR count). The van der Waals surface area contributed by atoms with Crippen molar-refractivity contribution >= 4 is 33.4 Å². The second-order valence-electron chi connectivity index (χ2n) is 4.38. The Bertz CT molecular complexity index is 426. The van der Waals surface area contributed by atoms with Crippen LogP contribution in [-0.4, -0.2) is 24.7 Å². The van der Waals surface area contributed by atoms with Crippen LogP contribution in [0.1, 0.15) is 30.1 Å². The number of carbonyl (C=O) groups is 1. The average Bonchev–Trinajstić information content (AvgIpc) is 2.24. The van der Waals surface area contributed by atoms with Crippen LogP contribution in [0, 0.1) is 0 Å². The molecule has 0 aliphatic heterocycles. The normalized spacial score (nSPS) is 22.4. The molecule has 0 bridgehead atoms. The molecule has 0 aromatic heterocycles. The van der Waals surface area contributed by atoms with Crippen LogP contribution in [0.3, 0.4) is 0 Å². The van der Waals surface area contributed by atoms with Gasteiger partial charge in [-0.05, 0) is 38.0 Å². The largest absolute Gasteiger partial charge is 0.378 e. The van der Waals surface area contributed by atoms with Crippen LogP contribution in [0.5, 0.6) is 0 Å². The molecule has 5 heteroatoms. The molecule has 0 unspecified atom stereocenters. The Morgan fingerprint density at radius 2 is 2.22 bits per heavy atom. The Kier molecular flexibility index (Phi) is 4.65. The summed E-state index contributed by atoms with van der Waals surface area (Å²) in [5.41, 5.74) is 0.578. The quantitative estimate of drug-likeness (QED) is 0.917. The van der Waals surface area contributed by atoms with Crippen molar-refractivity contribution in [2.24, 2.45) is 0 Å². The summed E-state index contributed by atoms with van der Waals surface area (Å²) >= 11 is 9.24. The third-order valence-electron chi connectivity index (χ3n) is 2.96. The van der Waals surface area contributed by atoms with Crippen LogP contribution in [0.15, 0.2) is 22.7 Å². The third-order valence-corrected chi connectivity index (χ3v) is 3.63. The Labute approximate surface area is 120 Å². The van der Waals surface area contributed by atoms with E-state index in [0.29, 0.717) is 16.7 Å². The first-order chi connectivity index (χ1) is 8.58. The summed E-state index contributed by atoms with van der Waals surface area (Å²) in [5, 5.41) is 3.53. The fraction of sp³-hybridized carbons (Fsp3) is 0.462. The average molecular weight is 333 g/mol. The van der Waals surface area contributed by atoms with Gasteiger partial charge >= 0.3 is 0 Å². The lowest BCUT2D eigenvalue weighted by atomic mass is 9.89. The first kappa shape index (κ1) is 13.8. The molecule has 1 aliphatic carbocycles. The molecule has 1 aliphatic rings. The number of ether oxygens (including phenoxy) is 1. The van der Waals surface area contributed by atoms with Gasteiger partial charge in [0.2, 0.25) is 0 Å². The minimum atomic E-state index is -0.0850. The van der Waals surface area contributed by atoms with E-state index in [1.165, 1.54) is 0 Å². The second-order valence-corrected chi connectivity index (χ2v) is 5.73. The molecule has 1 fully saturated rings. The molecule has 18 heavy (non-hydrogen) atoms. The predicted molar refractivity (Wildman–Crippen MR) is 75.1 cm³/mol. The van der Waals surface area contributed by atoms with Gasteiger partial charge in [-0.1, -0.05) is 27.5 Å². The van der Waals surface area contributed by atoms with E-state index in [4.69, 9.17) is 16.3 Å². The fourth-order valence-electron chi connectivity index (χ4n) is 2.01. The highest BCUT2D eigenvalue weighted by molar-refractivity contribution is 9.10. The maximum absolute atomic E-state index is 12.0. The SMILES string of the molecule is CCOC1CC(NC(=O)c2cc(Cl)cc(Br)c2)C1. The van der Waals surface area contributed by atoms with E-state index in [2.05, 4.69) is 21.2 Å². The molecule has 0 heterocycles. The Morgan fingerprint density at radius 1 is 1.50 bits per heavy atom. The Balaban J connectivity index is 1.89. The summed E-state index contributed by atoms with van der Waals surface area (Å²) in [4.78, 5) is 12.0. The number of hydrogen-bond donors (Lipinski definition) is 1. The lowest BCUT2D eigenvalue weighted by Crippen LogP contribution is -2.47. The van der Waals surface area contributed by atoms with Crippen molar-refractivity contribution in [3.05, 3.63) is 33.3 Å². The molecule has 0 spiro atoms. The van der Waals surface area contributed by atoms with Crippen LogP contribution in [-0.2, 0) is 4.74 Å². The smallest absolute Gasteiger partial charge is 0.251 e. The topological polar surface area (TPSA) is 38.3 Å². The summed E-state index contributed by atoms with van der Waals surface area (Å²) < 4.78 is 6.26. The van der Waals surface area contributed by atoms with Crippen molar-refractivity contribution in [2.75, 3.05) is 6.61 Å². The number of nitrogens with one attached hydrogen (secondary N) is 1. The minimum Gasteiger partial charge on any atom is -0.378 e. The van der Waals surface area contributed by atoms with E-state index in [1.54, 1.807) is 18.2 Å². The van der Waals surface area contributed by atoms with Crippen molar-refractivity contribution in [2.45, 2.75) is 31.9 Å². The molecule has 1 aromatic carbocycles. The highest BCUT2D eigenvalue weighted by Crippen LogP contribution is 2.24. The highest BCUT2D eigenvalue weighted by Gasteiger charge is 2.30. The van der Waals surface area contributed by atoms with Crippen molar-refractivity contribution in [1.29, 1.82) is 0 Å². The maximum Gasteiger partial charge on any atom is 0.251 e. The van der Waals surface area contributed by atoms with E-state index in [9.17, 15) is 4.79 Å². The van der Waals surface area contributed by atoms with Gasteiger partial charge in [-0.3, -0.25) is 4.79 Å². The number of rotatable bonds is 4. The first-order valence-electron chi connectivity index (χ1n) is 5.97. The van der Waals surface area contributed by atoms with Crippen LogP contribution >= 0.6 is 27.5 Å². The molecule has 1 aromatic rings. The van der Waals surface area contributed by atoms with Gasteiger partial charge in [-0.25, -0.2) is 0 Å². The van der Waals surface area contributed by atoms with Crippen molar-refractivity contribution in [3.8, 4) is 0 Å². The van der Waals surface area contributed by atoms with Gasteiger partial charge in [0, 0.05) is 27.7 Å². The Hall–Kier alpha value is -0.580. The van der Waals surface area contributed by atoms with Gasteiger partial charge in [0.15, 0.2) is 0 Å². The van der Waals surface area contributed by atoms with Gasteiger partial charge in [0.1, 0.15) is 0 Å². The molecule has 98 valence electrons. The van der Waals surface area contributed by atoms with E-state index in [1.807, 2.05) is 6.92 Å². The van der Waals surface area contributed by atoms with Crippen molar-refractivity contribution in [3.63, 3.8) is 0 Å². The highest BCUT2D eigenvalue weighted by atomic mass is 79.9. The molecule has 1 saturated carbocycles. The maximum atomic E-state index is 12.0. The number of carbonyl (C=O) groups excluding carboxylic acids is 1. The van der Waals surface area contributed by atoms with Crippen molar-refractivity contribution < 1.29 is 9.53 Å². The summed E-state index contributed by atoms with van der Waals surface area (Å²) in [5.74, 6) is -0.0850. The standard InChI is InChI=1S/C13H15BrClNO2/c1-2-18-12-6-11(7-12)16-13(17)8-3-9(14)5-10(15)4-8/h3-5,11-12H,2,6-7H2,1H3,(H,16,17). The lowest BCUT2D eigenvalue weighted by Gasteiger charge is -2.35. The first-order valence-corrected chi connectivity index (χ1v) is 7.14. The number of amides is 1. The van der Waals surface area contributed by atoms with E-state index in [-0.39, 0.29) is 11.9 Å². The van der Waals surface area contributed by atoms with Crippen molar-refractivity contribution in [1.82, 2.24) is 5.32 Å². The van der Waals surface area contributed by atoms with Gasteiger partial charge in [-0.15, -0.1) is 0 Å². The third kappa shape index (κ3) is 3.46. The molecule has 0 saturated heterocycles. The van der Waals surface area contributed by atoms with Crippen LogP contribution < -0.4 is 5.32 Å². The van der Waals surface area contributed by atoms with Gasteiger partial charge in [-0.2, -0.15) is 0 Å². The van der Waals surface area contributed by atoms with Crippen LogP contribution in [0.25, 0.3) is 0 Å². The summed E-state index contributed by atoms with van der Waals surface area (Å²) in [6, 6.07) is 5.40. The number of benzene rings is 1. The summed E-state index contributed by atoms with van der Waals surface area (Å²) in [6.45, 7) is 2.71. The minimum absolute atomic E-state index is 0.0850. The van der Waals surface area contributed by atoms with Crippen LogP contribution in [0.4, 0.5) is 0 Å². The summed E-state index contributed by atoms with van der Waals surface area (Å²) in [6.07, 6.45) is 2.08. The predicted octanol–water partition coefficient (Wildman–Crippen LogP) is 3.40. The number of hydrogen-bond acceptors (Lipinski definition) is 2. The van der Waals surface area contributed by atoms with E-state index < -0.39 is 0 Å². The zero-order valence-corrected chi connectivity index (χ0v) is 12.4. The molecule has 1 amide bonds. The second kappa shape index (κ2) is 6.04. The number of halogens is 2. The summed E-state index contributed by atoms with van der Waals surface area (Å²) in [7, 11) is 0. The molecular formula is C13H15BrClNO2. The van der Waals surface area contributed by atoms with Crippen LogP contribution in [0.2, 0.25) is 5.02 Å². The monoisotopic (exact) mass is 331 g/mol. The molecule has 0 radical (unpaired) electrons. The van der Waals surface area contributed by atoms with E-state index in [0.717, 1.165) is 23.9 Å². The molecule has 1 N–H and O–H groups in total. The zero-order valence-electron chi connectivity index (χ0n) is 10.1. The lowest BCUT2D eigenvalue weighted by molar-refractivity contribution is -0.00862. The Morgan fingerprint density at radius 3 is 2.83 bits per heavy atom.